The zero-order chi connectivity index (χ0) is 15.8. The molecule has 0 saturated carbocycles. The molecule has 122 valence electrons. The summed E-state index contributed by atoms with van der Waals surface area (Å²) >= 11 is 0. The van der Waals surface area contributed by atoms with Gasteiger partial charge >= 0.3 is 6.18 Å². The van der Waals surface area contributed by atoms with E-state index < -0.39 is 12.7 Å². The van der Waals surface area contributed by atoms with Gasteiger partial charge in [-0.25, -0.2) is 0 Å². The number of aliphatic hydroxyl groups is 1. The third-order valence-corrected chi connectivity index (χ3v) is 3.74. The van der Waals surface area contributed by atoms with Crippen molar-refractivity contribution in [1.29, 1.82) is 0 Å². The molecule has 0 spiro atoms. The molecule has 0 aliphatic carbocycles. The third kappa shape index (κ3) is 7.45. The fourth-order valence-electron chi connectivity index (χ4n) is 2.38. The second-order valence-electron chi connectivity index (χ2n) is 5.61. The number of nitrogens with zero attached hydrogens (tertiary/aromatic N) is 1. The second kappa shape index (κ2) is 8.85. The SMILES string of the molecule is CCNC(CC)(CO)CCCN(CC(F)(F)F)C(C)C. The number of aliphatic hydroxyl groups excluding tert-OH is 1. The van der Waals surface area contributed by atoms with Crippen LogP contribution in [0.25, 0.3) is 0 Å². The zero-order valence-electron chi connectivity index (χ0n) is 13.1. The Kier molecular flexibility index (Phi) is 8.70. The Balaban J connectivity index is 4.41. The molecule has 6 heteroatoms. The lowest BCUT2D eigenvalue weighted by Gasteiger charge is -2.34. The average molecular weight is 298 g/mol. The predicted octanol–water partition coefficient (Wildman–Crippen LogP) is 2.79. The molecule has 2 N–H and O–H groups in total. The highest BCUT2D eigenvalue weighted by atomic mass is 19.4. The number of likely N-dealkylation sites (N-methyl/N-ethyl adjacent to an activating group) is 1. The standard InChI is InChI=1S/C14H29F3N2O/c1-5-13(11-20,18-6-2)8-7-9-19(12(3)4)10-14(15,16)17/h12,18,20H,5-11H2,1-4H3. The predicted molar refractivity (Wildman–Crippen MR) is 75.8 cm³/mol. The Morgan fingerprint density at radius 2 is 1.80 bits per heavy atom. The summed E-state index contributed by atoms with van der Waals surface area (Å²) in [5.74, 6) is 0. The zero-order valence-corrected chi connectivity index (χ0v) is 13.1. The van der Waals surface area contributed by atoms with E-state index in [1.807, 2.05) is 13.8 Å². The van der Waals surface area contributed by atoms with Crippen LogP contribution in [0, 0.1) is 0 Å². The van der Waals surface area contributed by atoms with Crippen LogP contribution in [-0.4, -0.2) is 54.0 Å². The molecule has 1 atom stereocenters. The molecule has 0 saturated heterocycles. The highest BCUT2D eigenvalue weighted by molar-refractivity contribution is 4.86. The molecule has 0 aliphatic heterocycles. The van der Waals surface area contributed by atoms with Crippen LogP contribution >= 0.6 is 0 Å². The largest absolute Gasteiger partial charge is 0.401 e. The van der Waals surface area contributed by atoms with Crippen molar-refractivity contribution >= 4 is 0 Å². The Morgan fingerprint density at radius 1 is 1.20 bits per heavy atom. The first-order valence-corrected chi connectivity index (χ1v) is 7.36. The van der Waals surface area contributed by atoms with Crippen LogP contribution in [0.15, 0.2) is 0 Å². The number of hydrogen-bond donors (Lipinski definition) is 2. The first-order valence-electron chi connectivity index (χ1n) is 7.36. The van der Waals surface area contributed by atoms with Crippen molar-refractivity contribution in [3.63, 3.8) is 0 Å². The summed E-state index contributed by atoms with van der Waals surface area (Å²) in [5.41, 5.74) is -0.365. The van der Waals surface area contributed by atoms with Gasteiger partial charge in [0.1, 0.15) is 0 Å². The molecule has 0 amide bonds. The van der Waals surface area contributed by atoms with Gasteiger partial charge < -0.3 is 10.4 Å². The summed E-state index contributed by atoms with van der Waals surface area (Å²) in [5, 5.41) is 12.8. The number of halogens is 3. The molecule has 0 aromatic rings. The first-order chi connectivity index (χ1) is 9.19. The van der Waals surface area contributed by atoms with Crippen molar-refractivity contribution in [2.75, 3.05) is 26.2 Å². The Hall–Kier alpha value is -0.330. The summed E-state index contributed by atoms with van der Waals surface area (Å²) in [4.78, 5) is 1.43. The lowest BCUT2D eigenvalue weighted by atomic mass is 9.91. The van der Waals surface area contributed by atoms with E-state index in [0.29, 0.717) is 19.4 Å². The van der Waals surface area contributed by atoms with E-state index in [-0.39, 0.29) is 18.2 Å². The minimum Gasteiger partial charge on any atom is -0.394 e. The average Bonchev–Trinajstić information content (AvgIpc) is 2.35. The van der Waals surface area contributed by atoms with E-state index in [1.165, 1.54) is 4.90 Å². The van der Waals surface area contributed by atoms with Crippen molar-refractivity contribution in [1.82, 2.24) is 10.2 Å². The molecule has 20 heavy (non-hydrogen) atoms. The van der Waals surface area contributed by atoms with Gasteiger partial charge in [0.15, 0.2) is 0 Å². The number of rotatable bonds is 10. The lowest BCUT2D eigenvalue weighted by Crippen LogP contribution is -2.48. The van der Waals surface area contributed by atoms with Gasteiger partial charge in [-0.1, -0.05) is 13.8 Å². The highest BCUT2D eigenvalue weighted by Crippen LogP contribution is 2.21. The topological polar surface area (TPSA) is 35.5 Å². The molecule has 3 nitrogen and oxygen atoms in total. The highest BCUT2D eigenvalue weighted by Gasteiger charge is 2.32. The fraction of sp³-hybridized carbons (Fsp3) is 1.00. The van der Waals surface area contributed by atoms with Crippen LogP contribution in [0.1, 0.15) is 47.0 Å². The van der Waals surface area contributed by atoms with E-state index in [0.717, 1.165) is 13.0 Å². The first kappa shape index (κ1) is 19.7. The van der Waals surface area contributed by atoms with Gasteiger partial charge in [0, 0.05) is 11.6 Å². The van der Waals surface area contributed by atoms with Crippen molar-refractivity contribution in [2.45, 2.75) is 64.7 Å². The van der Waals surface area contributed by atoms with Crippen molar-refractivity contribution in [2.24, 2.45) is 0 Å². The van der Waals surface area contributed by atoms with Gasteiger partial charge in [0.25, 0.3) is 0 Å². The van der Waals surface area contributed by atoms with Gasteiger partial charge in [-0.05, 0) is 46.2 Å². The Bertz CT molecular complexity index is 253. The van der Waals surface area contributed by atoms with Crippen LogP contribution in [-0.2, 0) is 0 Å². The quantitative estimate of drug-likeness (QED) is 0.651. The van der Waals surface area contributed by atoms with E-state index in [2.05, 4.69) is 5.32 Å². The Labute approximate surface area is 120 Å². The molecule has 0 fully saturated rings. The molecule has 0 bridgehead atoms. The number of nitrogens with one attached hydrogen (secondary N) is 1. The fourth-order valence-corrected chi connectivity index (χ4v) is 2.38. The van der Waals surface area contributed by atoms with E-state index >= 15 is 0 Å². The van der Waals surface area contributed by atoms with E-state index in [9.17, 15) is 18.3 Å². The van der Waals surface area contributed by atoms with Crippen LogP contribution in [0.3, 0.4) is 0 Å². The minimum absolute atomic E-state index is 0.0122. The van der Waals surface area contributed by atoms with E-state index in [1.54, 1.807) is 13.8 Å². The minimum atomic E-state index is -4.16. The lowest BCUT2D eigenvalue weighted by molar-refractivity contribution is -0.149. The van der Waals surface area contributed by atoms with Crippen LogP contribution in [0.4, 0.5) is 13.2 Å². The smallest absolute Gasteiger partial charge is 0.394 e. The van der Waals surface area contributed by atoms with Crippen LogP contribution in [0.5, 0.6) is 0 Å². The van der Waals surface area contributed by atoms with Gasteiger partial charge in [-0.2, -0.15) is 13.2 Å². The molecule has 0 aromatic carbocycles. The van der Waals surface area contributed by atoms with Gasteiger partial charge in [0.05, 0.1) is 13.2 Å². The van der Waals surface area contributed by atoms with E-state index in [4.69, 9.17) is 0 Å². The summed E-state index contributed by atoms with van der Waals surface area (Å²) in [7, 11) is 0. The Morgan fingerprint density at radius 3 is 2.15 bits per heavy atom. The van der Waals surface area contributed by atoms with Crippen LogP contribution in [0.2, 0.25) is 0 Å². The van der Waals surface area contributed by atoms with Crippen molar-refractivity contribution in [3.8, 4) is 0 Å². The molecule has 0 aliphatic rings. The maximum absolute atomic E-state index is 12.5. The van der Waals surface area contributed by atoms with Gasteiger partial charge in [-0.3, -0.25) is 4.90 Å². The molecule has 0 heterocycles. The monoisotopic (exact) mass is 298 g/mol. The number of hydrogen-bond acceptors (Lipinski definition) is 3. The van der Waals surface area contributed by atoms with Crippen LogP contribution < -0.4 is 5.32 Å². The molecule has 1 unspecified atom stereocenters. The molecule has 0 radical (unpaired) electrons. The summed E-state index contributed by atoms with van der Waals surface area (Å²) in [6.07, 6.45) is -2.09. The summed E-state index contributed by atoms with van der Waals surface area (Å²) < 4.78 is 37.5. The normalized spacial score (nSPS) is 15.9. The summed E-state index contributed by atoms with van der Waals surface area (Å²) in [6, 6.07) is -0.138. The van der Waals surface area contributed by atoms with Gasteiger partial charge in [-0.15, -0.1) is 0 Å². The molecule has 0 rings (SSSR count). The van der Waals surface area contributed by atoms with Crippen molar-refractivity contribution < 1.29 is 18.3 Å². The maximum Gasteiger partial charge on any atom is 0.401 e. The van der Waals surface area contributed by atoms with Gasteiger partial charge in [0.2, 0.25) is 0 Å². The third-order valence-electron chi connectivity index (χ3n) is 3.74. The molecule has 0 aromatic heterocycles. The maximum atomic E-state index is 12.5. The molecular weight excluding hydrogens is 269 g/mol. The summed E-state index contributed by atoms with van der Waals surface area (Å²) in [6.45, 7) is 7.76. The second-order valence-corrected chi connectivity index (χ2v) is 5.61. The number of alkyl halides is 3. The molecular formula is C14H29F3N2O. The van der Waals surface area contributed by atoms with Crippen molar-refractivity contribution in [3.05, 3.63) is 0 Å².